The average Bonchev–Trinajstić information content (AvgIpc) is 3.11. The Hall–Kier alpha value is -0.860. The van der Waals surface area contributed by atoms with E-state index in [0.717, 1.165) is 21.6 Å². The van der Waals surface area contributed by atoms with Gasteiger partial charge in [-0.15, -0.1) is 0 Å². The summed E-state index contributed by atoms with van der Waals surface area (Å²) in [6.45, 7) is 0.104. The Bertz CT molecular complexity index is 605. The van der Waals surface area contributed by atoms with Crippen molar-refractivity contribution in [3.8, 4) is 0 Å². The monoisotopic (exact) mass is 363 g/mol. The molecule has 6 nitrogen and oxygen atoms in total. The van der Waals surface area contributed by atoms with Crippen molar-refractivity contribution >= 4 is 31.9 Å². The van der Waals surface area contributed by atoms with Crippen LogP contribution in [0.3, 0.4) is 0 Å². The molecule has 1 aliphatic carbocycles. The highest BCUT2D eigenvalue weighted by atomic mass is 79.9. The lowest BCUT2D eigenvalue weighted by Crippen LogP contribution is -2.34. The summed E-state index contributed by atoms with van der Waals surface area (Å²) >= 11 is 3.36. The third-order valence-electron chi connectivity index (χ3n) is 3.19. The molecule has 2 rings (SSSR count). The molecule has 1 aromatic heterocycles. The van der Waals surface area contributed by atoms with Crippen LogP contribution in [-0.4, -0.2) is 49.6 Å². The van der Waals surface area contributed by atoms with Crippen LogP contribution in [0.5, 0.6) is 0 Å². The highest BCUT2D eigenvalue weighted by molar-refractivity contribution is 9.10. The lowest BCUT2D eigenvalue weighted by Gasteiger charge is -2.12. The quantitative estimate of drug-likeness (QED) is 0.825. The molecule has 8 heteroatoms. The second-order valence-corrected chi connectivity index (χ2v) is 8.25. The Morgan fingerprint density at radius 3 is 2.70 bits per heavy atom. The minimum atomic E-state index is -3.28. The Morgan fingerprint density at radius 1 is 1.50 bits per heavy atom. The first-order valence-corrected chi connectivity index (χ1v) is 8.77. The first-order chi connectivity index (χ1) is 9.31. The molecule has 0 aromatic carbocycles. The van der Waals surface area contributed by atoms with E-state index in [1.54, 1.807) is 6.07 Å². The van der Waals surface area contributed by atoms with Crippen LogP contribution in [0.15, 0.2) is 16.7 Å². The van der Waals surface area contributed by atoms with Crippen LogP contribution in [0, 0.1) is 0 Å². The summed E-state index contributed by atoms with van der Waals surface area (Å²) in [7, 11) is -0.325. The predicted molar refractivity (Wildman–Crippen MR) is 80.2 cm³/mol. The van der Waals surface area contributed by atoms with Gasteiger partial charge in [-0.3, -0.25) is 4.79 Å². The minimum absolute atomic E-state index is 0.100. The normalized spacial score (nSPS) is 15.6. The number of carbonyl (C=O) groups excluding carboxylic acids is 1. The van der Waals surface area contributed by atoms with Gasteiger partial charge in [-0.25, -0.2) is 12.7 Å². The van der Waals surface area contributed by atoms with Gasteiger partial charge in [0.15, 0.2) is 0 Å². The fourth-order valence-electron chi connectivity index (χ4n) is 1.85. The van der Waals surface area contributed by atoms with Gasteiger partial charge in [-0.2, -0.15) is 0 Å². The molecule has 1 fully saturated rings. The molecule has 1 aromatic rings. The van der Waals surface area contributed by atoms with Crippen LogP contribution in [0.4, 0.5) is 0 Å². The summed E-state index contributed by atoms with van der Waals surface area (Å²) < 4.78 is 27.2. The van der Waals surface area contributed by atoms with Gasteiger partial charge >= 0.3 is 0 Å². The van der Waals surface area contributed by atoms with Crippen molar-refractivity contribution in [2.24, 2.45) is 0 Å². The van der Waals surface area contributed by atoms with Crippen molar-refractivity contribution in [3.05, 3.63) is 22.4 Å². The smallest absolute Gasteiger partial charge is 0.267 e. The van der Waals surface area contributed by atoms with Gasteiger partial charge in [0.25, 0.3) is 5.91 Å². The van der Waals surface area contributed by atoms with Crippen LogP contribution >= 0.6 is 15.9 Å². The molecule has 0 unspecified atom stereocenters. The van der Waals surface area contributed by atoms with Crippen LogP contribution < -0.4 is 5.32 Å². The molecular formula is C12H18BrN3O3S. The van der Waals surface area contributed by atoms with Gasteiger partial charge in [-0.1, -0.05) is 0 Å². The van der Waals surface area contributed by atoms with Crippen molar-refractivity contribution in [1.82, 2.24) is 14.2 Å². The van der Waals surface area contributed by atoms with Gasteiger partial charge in [-0.05, 0) is 34.8 Å². The van der Waals surface area contributed by atoms with Gasteiger partial charge in [0.1, 0.15) is 5.69 Å². The van der Waals surface area contributed by atoms with E-state index in [0.29, 0.717) is 11.7 Å². The van der Waals surface area contributed by atoms with E-state index in [2.05, 4.69) is 21.2 Å². The number of rotatable bonds is 6. The van der Waals surface area contributed by atoms with Gasteiger partial charge in [0, 0.05) is 37.4 Å². The number of halogens is 1. The number of carbonyl (C=O) groups is 1. The van der Waals surface area contributed by atoms with E-state index in [4.69, 9.17) is 0 Å². The number of hydrogen-bond acceptors (Lipinski definition) is 3. The average molecular weight is 364 g/mol. The molecule has 1 N–H and O–H groups in total. The van der Waals surface area contributed by atoms with Crippen molar-refractivity contribution in [2.75, 3.05) is 26.4 Å². The zero-order chi connectivity index (χ0) is 14.9. The van der Waals surface area contributed by atoms with Crippen LogP contribution in [0.25, 0.3) is 0 Å². The topological polar surface area (TPSA) is 71.4 Å². The molecule has 0 radical (unpaired) electrons. The lowest BCUT2D eigenvalue weighted by molar-refractivity contribution is 0.0946. The lowest BCUT2D eigenvalue weighted by atomic mass is 10.4. The molecule has 0 saturated heterocycles. The maximum Gasteiger partial charge on any atom is 0.267 e. The molecule has 0 aliphatic heterocycles. The summed E-state index contributed by atoms with van der Waals surface area (Å²) in [4.78, 5) is 12.1. The summed E-state index contributed by atoms with van der Waals surface area (Å²) in [5, 5.41) is 2.66. The van der Waals surface area contributed by atoms with Crippen LogP contribution in [0.2, 0.25) is 0 Å². The molecule has 0 bridgehead atoms. The van der Waals surface area contributed by atoms with Crippen LogP contribution in [-0.2, 0) is 10.0 Å². The Morgan fingerprint density at radius 2 is 2.15 bits per heavy atom. The van der Waals surface area contributed by atoms with Crippen molar-refractivity contribution in [3.63, 3.8) is 0 Å². The minimum Gasteiger partial charge on any atom is -0.350 e. The van der Waals surface area contributed by atoms with Crippen molar-refractivity contribution in [1.29, 1.82) is 0 Å². The number of aromatic nitrogens is 1. The van der Waals surface area contributed by atoms with Gasteiger partial charge in [0.2, 0.25) is 10.0 Å². The van der Waals surface area contributed by atoms with Crippen LogP contribution in [0.1, 0.15) is 29.4 Å². The molecule has 1 heterocycles. The second kappa shape index (κ2) is 5.87. The van der Waals surface area contributed by atoms with Crippen molar-refractivity contribution in [2.45, 2.75) is 18.9 Å². The highest BCUT2D eigenvalue weighted by Crippen LogP contribution is 2.37. The predicted octanol–water partition coefficient (Wildman–Crippen LogP) is 1.21. The largest absolute Gasteiger partial charge is 0.350 e. The standard InChI is InChI=1S/C12H18BrN3O3S/c1-15(2)20(18,19)6-5-14-12(17)11-7-9(13)8-16(11)10-3-4-10/h7-8,10H,3-6H2,1-2H3,(H,14,17). The zero-order valence-electron chi connectivity index (χ0n) is 11.5. The molecule has 1 aliphatic rings. The number of sulfonamides is 1. The molecular weight excluding hydrogens is 346 g/mol. The van der Waals surface area contributed by atoms with E-state index in [1.807, 2.05) is 10.8 Å². The molecule has 1 amide bonds. The summed E-state index contributed by atoms with van der Waals surface area (Å²) in [5.41, 5.74) is 0.571. The van der Waals surface area contributed by atoms with E-state index in [9.17, 15) is 13.2 Å². The highest BCUT2D eigenvalue weighted by Gasteiger charge is 2.27. The number of amides is 1. The molecule has 1 saturated carbocycles. The first-order valence-electron chi connectivity index (χ1n) is 6.37. The SMILES string of the molecule is CN(C)S(=O)(=O)CCNC(=O)c1cc(Br)cn1C1CC1. The maximum absolute atomic E-state index is 12.1. The Kier molecular flexibility index (Phi) is 4.55. The number of nitrogens with one attached hydrogen (secondary N) is 1. The third-order valence-corrected chi connectivity index (χ3v) is 5.46. The summed E-state index contributed by atoms with van der Waals surface area (Å²) in [5.74, 6) is -0.339. The molecule has 112 valence electrons. The Labute approximate surface area is 127 Å². The van der Waals surface area contributed by atoms with E-state index in [-0.39, 0.29) is 18.2 Å². The van der Waals surface area contributed by atoms with E-state index in [1.165, 1.54) is 14.1 Å². The van der Waals surface area contributed by atoms with E-state index >= 15 is 0 Å². The molecule has 0 atom stereocenters. The fraction of sp³-hybridized carbons (Fsp3) is 0.583. The Balaban J connectivity index is 1.96. The van der Waals surface area contributed by atoms with Gasteiger partial charge in [0.05, 0.1) is 5.75 Å². The summed E-state index contributed by atoms with van der Waals surface area (Å²) in [6.07, 6.45) is 4.05. The number of nitrogens with zero attached hydrogens (tertiary/aromatic N) is 2. The fourth-order valence-corrected chi connectivity index (χ4v) is 3.01. The third kappa shape index (κ3) is 3.62. The number of hydrogen-bond donors (Lipinski definition) is 1. The van der Waals surface area contributed by atoms with Crippen molar-refractivity contribution < 1.29 is 13.2 Å². The summed E-state index contributed by atoms with van der Waals surface area (Å²) in [6, 6.07) is 2.15. The molecule has 0 spiro atoms. The second-order valence-electron chi connectivity index (χ2n) is 5.04. The first kappa shape index (κ1) is 15.5. The van der Waals surface area contributed by atoms with Gasteiger partial charge < -0.3 is 9.88 Å². The zero-order valence-corrected chi connectivity index (χ0v) is 13.9. The van der Waals surface area contributed by atoms with E-state index < -0.39 is 10.0 Å². The maximum atomic E-state index is 12.1. The molecule has 20 heavy (non-hydrogen) atoms.